The molecule has 1 atom stereocenters. The standard InChI is InChI=1S/C14H23NO3/c1-5-10(9-15)6-11-7-12(16-2)14(18-4)13(8-11)17-3/h7-8,10H,5-6,9,15H2,1-4H3. The number of methoxy groups -OCH3 is 3. The quantitative estimate of drug-likeness (QED) is 0.809. The van der Waals surface area contributed by atoms with Gasteiger partial charge in [0.25, 0.3) is 0 Å². The summed E-state index contributed by atoms with van der Waals surface area (Å²) >= 11 is 0. The second-order valence-corrected chi connectivity index (χ2v) is 4.25. The van der Waals surface area contributed by atoms with Gasteiger partial charge in [-0.05, 0) is 36.6 Å². The van der Waals surface area contributed by atoms with Crippen LogP contribution < -0.4 is 19.9 Å². The number of hydrogen-bond donors (Lipinski definition) is 1. The minimum atomic E-state index is 0.479. The van der Waals surface area contributed by atoms with E-state index in [1.807, 2.05) is 12.1 Å². The summed E-state index contributed by atoms with van der Waals surface area (Å²) in [7, 11) is 4.86. The Bertz CT molecular complexity index is 350. The van der Waals surface area contributed by atoms with Crippen LogP contribution in [0.15, 0.2) is 12.1 Å². The van der Waals surface area contributed by atoms with Gasteiger partial charge >= 0.3 is 0 Å². The third kappa shape index (κ3) is 3.29. The number of hydrogen-bond acceptors (Lipinski definition) is 4. The monoisotopic (exact) mass is 253 g/mol. The zero-order valence-corrected chi connectivity index (χ0v) is 11.7. The first kappa shape index (κ1) is 14.6. The highest BCUT2D eigenvalue weighted by atomic mass is 16.5. The zero-order valence-electron chi connectivity index (χ0n) is 11.7. The van der Waals surface area contributed by atoms with Gasteiger partial charge in [0.1, 0.15) is 0 Å². The SMILES string of the molecule is CCC(CN)Cc1cc(OC)c(OC)c(OC)c1. The van der Waals surface area contributed by atoms with E-state index < -0.39 is 0 Å². The molecule has 1 unspecified atom stereocenters. The molecule has 1 aromatic carbocycles. The fourth-order valence-electron chi connectivity index (χ4n) is 1.98. The van der Waals surface area contributed by atoms with Gasteiger partial charge in [0.15, 0.2) is 11.5 Å². The minimum Gasteiger partial charge on any atom is -0.493 e. The molecule has 0 saturated carbocycles. The van der Waals surface area contributed by atoms with E-state index in [4.69, 9.17) is 19.9 Å². The molecule has 102 valence electrons. The molecule has 0 aliphatic rings. The molecule has 4 heteroatoms. The van der Waals surface area contributed by atoms with Gasteiger partial charge in [-0.15, -0.1) is 0 Å². The molecule has 0 saturated heterocycles. The Kier molecular flexibility index (Phi) is 5.78. The Balaban J connectivity index is 3.06. The first-order valence-electron chi connectivity index (χ1n) is 6.19. The fourth-order valence-corrected chi connectivity index (χ4v) is 1.98. The summed E-state index contributed by atoms with van der Waals surface area (Å²) < 4.78 is 16.0. The summed E-state index contributed by atoms with van der Waals surface area (Å²) in [5.41, 5.74) is 6.90. The van der Waals surface area contributed by atoms with Gasteiger partial charge in [0.2, 0.25) is 5.75 Å². The summed E-state index contributed by atoms with van der Waals surface area (Å²) in [6, 6.07) is 3.97. The third-order valence-electron chi connectivity index (χ3n) is 3.16. The van der Waals surface area contributed by atoms with E-state index in [0.717, 1.165) is 18.4 Å². The first-order chi connectivity index (χ1) is 8.69. The second kappa shape index (κ2) is 7.11. The van der Waals surface area contributed by atoms with Gasteiger partial charge in [0, 0.05) is 0 Å². The average Bonchev–Trinajstić information content (AvgIpc) is 2.43. The van der Waals surface area contributed by atoms with Gasteiger partial charge in [-0.1, -0.05) is 13.3 Å². The molecule has 4 nitrogen and oxygen atoms in total. The molecule has 0 radical (unpaired) electrons. The van der Waals surface area contributed by atoms with Crippen molar-refractivity contribution in [2.24, 2.45) is 11.7 Å². The number of ether oxygens (including phenoxy) is 3. The summed E-state index contributed by atoms with van der Waals surface area (Å²) in [4.78, 5) is 0. The summed E-state index contributed by atoms with van der Waals surface area (Å²) in [6.45, 7) is 2.84. The molecule has 1 rings (SSSR count). The highest BCUT2D eigenvalue weighted by Gasteiger charge is 2.14. The maximum atomic E-state index is 5.74. The van der Waals surface area contributed by atoms with Crippen LogP contribution >= 0.6 is 0 Å². The largest absolute Gasteiger partial charge is 0.493 e. The number of nitrogens with two attached hydrogens (primary N) is 1. The molecule has 0 aliphatic heterocycles. The molecule has 0 heterocycles. The van der Waals surface area contributed by atoms with Gasteiger partial charge in [-0.2, -0.15) is 0 Å². The third-order valence-corrected chi connectivity index (χ3v) is 3.16. The summed E-state index contributed by atoms with van der Waals surface area (Å²) in [5, 5.41) is 0. The summed E-state index contributed by atoms with van der Waals surface area (Å²) in [5.74, 6) is 2.50. The number of benzene rings is 1. The minimum absolute atomic E-state index is 0.479. The van der Waals surface area contributed by atoms with Crippen molar-refractivity contribution in [2.45, 2.75) is 19.8 Å². The van der Waals surface area contributed by atoms with E-state index in [1.165, 1.54) is 0 Å². The first-order valence-corrected chi connectivity index (χ1v) is 6.19. The number of rotatable bonds is 7. The fraction of sp³-hybridized carbons (Fsp3) is 0.571. The molecular formula is C14H23NO3. The van der Waals surface area contributed by atoms with Crippen molar-refractivity contribution in [2.75, 3.05) is 27.9 Å². The highest BCUT2D eigenvalue weighted by molar-refractivity contribution is 5.53. The maximum Gasteiger partial charge on any atom is 0.203 e. The van der Waals surface area contributed by atoms with E-state index in [2.05, 4.69) is 6.92 Å². The Labute approximate surface area is 109 Å². The van der Waals surface area contributed by atoms with Crippen molar-refractivity contribution in [1.29, 1.82) is 0 Å². The molecule has 2 N–H and O–H groups in total. The lowest BCUT2D eigenvalue weighted by molar-refractivity contribution is 0.323. The Morgan fingerprint density at radius 2 is 1.61 bits per heavy atom. The topological polar surface area (TPSA) is 53.7 Å². The summed E-state index contributed by atoms with van der Waals surface area (Å²) in [6.07, 6.45) is 1.98. The van der Waals surface area contributed by atoms with Crippen LogP contribution in [0.4, 0.5) is 0 Å². The van der Waals surface area contributed by atoms with Crippen LogP contribution in [-0.2, 0) is 6.42 Å². The zero-order chi connectivity index (χ0) is 13.5. The molecule has 0 fully saturated rings. The highest BCUT2D eigenvalue weighted by Crippen LogP contribution is 2.38. The maximum absolute atomic E-state index is 5.74. The van der Waals surface area contributed by atoms with Gasteiger partial charge in [0.05, 0.1) is 21.3 Å². The van der Waals surface area contributed by atoms with Crippen LogP contribution in [0.5, 0.6) is 17.2 Å². The Morgan fingerprint density at radius 3 is 1.94 bits per heavy atom. The van der Waals surface area contributed by atoms with Gasteiger partial charge in [-0.25, -0.2) is 0 Å². The van der Waals surface area contributed by atoms with Crippen LogP contribution in [0, 0.1) is 5.92 Å². The smallest absolute Gasteiger partial charge is 0.203 e. The van der Waals surface area contributed by atoms with Crippen LogP contribution in [0.3, 0.4) is 0 Å². The lowest BCUT2D eigenvalue weighted by Gasteiger charge is -2.16. The predicted octanol–water partition coefficient (Wildman–Crippen LogP) is 2.24. The Morgan fingerprint density at radius 1 is 1.06 bits per heavy atom. The van der Waals surface area contributed by atoms with Gasteiger partial charge < -0.3 is 19.9 Å². The molecule has 0 aromatic heterocycles. The predicted molar refractivity (Wildman–Crippen MR) is 72.6 cm³/mol. The molecule has 0 aliphatic carbocycles. The van der Waals surface area contributed by atoms with Crippen LogP contribution in [0.1, 0.15) is 18.9 Å². The van der Waals surface area contributed by atoms with Crippen molar-refractivity contribution in [1.82, 2.24) is 0 Å². The molecule has 1 aromatic rings. The van der Waals surface area contributed by atoms with Crippen molar-refractivity contribution in [3.8, 4) is 17.2 Å². The van der Waals surface area contributed by atoms with E-state index in [1.54, 1.807) is 21.3 Å². The molecule has 0 amide bonds. The Hall–Kier alpha value is -1.42. The lowest BCUT2D eigenvalue weighted by atomic mass is 9.96. The van der Waals surface area contributed by atoms with Crippen molar-refractivity contribution in [3.63, 3.8) is 0 Å². The molecule has 18 heavy (non-hydrogen) atoms. The van der Waals surface area contributed by atoms with Crippen LogP contribution in [-0.4, -0.2) is 27.9 Å². The van der Waals surface area contributed by atoms with E-state index in [-0.39, 0.29) is 0 Å². The van der Waals surface area contributed by atoms with E-state index in [0.29, 0.717) is 29.7 Å². The van der Waals surface area contributed by atoms with Crippen molar-refractivity contribution >= 4 is 0 Å². The molecule has 0 bridgehead atoms. The van der Waals surface area contributed by atoms with Crippen molar-refractivity contribution in [3.05, 3.63) is 17.7 Å². The second-order valence-electron chi connectivity index (χ2n) is 4.25. The van der Waals surface area contributed by atoms with E-state index in [9.17, 15) is 0 Å². The van der Waals surface area contributed by atoms with Crippen LogP contribution in [0.2, 0.25) is 0 Å². The molecule has 0 spiro atoms. The normalized spacial score (nSPS) is 12.1. The molecular weight excluding hydrogens is 230 g/mol. The lowest BCUT2D eigenvalue weighted by Crippen LogP contribution is -2.16. The van der Waals surface area contributed by atoms with E-state index >= 15 is 0 Å². The average molecular weight is 253 g/mol. The van der Waals surface area contributed by atoms with Gasteiger partial charge in [-0.3, -0.25) is 0 Å². The van der Waals surface area contributed by atoms with Crippen molar-refractivity contribution < 1.29 is 14.2 Å². The van der Waals surface area contributed by atoms with Crippen LogP contribution in [0.25, 0.3) is 0 Å².